The number of carbonyl (C=O) groups excluding carboxylic acids is 1. The molecule has 30 heavy (non-hydrogen) atoms. The van der Waals surface area contributed by atoms with Gasteiger partial charge in [0.2, 0.25) is 0 Å². The van der Waals surface area contributed by atoms with Crippen LogP contribution in [0.5, 0.6) is 0 Å². The quantitative estimate of drug-likeness (QED) is 0.427. The number of nitrogens with zero attached hydrogens (tertiary/aromatic N) is 3. The smallest absolute Gasteiger partial charge is 0.174 e. The highest BCUT2D eigenvalue weighted by atomic mass is 31.2. The molecule has 150 valence electrons. The van der Waals surface area contributed by atoms with Crippen LogP contribution in [0.4, 0.5) is 0 Å². The molecule has 5 nitrogen and oxygen atoms in total. The Hall–Kier alpha value is -3.17. The zero-order valence-electron chi connectivity index (χ0n) is 16.7. The third-order valence-electron chi connectivity index (χ3n) is 5.25. The fraction of sp³-hybridized carbons (Fsp3) is 0.167. The zero-order chi connectivity index (χ0) is 20.7. The molecule has 4 rings (SSSR count). The van der Waals surface area contributed by atoms with E-state index < -0.39 is 7.26 Å². The number of H-pyrrole nitrogens is 1. The molecule has 0 saturated heterocycles. The number of nitrogens with one attached hydrogen (secondary N) is 1. The summed E-state index contributed by atoms with van der Waals surface area (Å²) in [6.45, 7) is 0. The summed E-state index contributed by atoms with van der Waals surface area (Å²) < 4.78 is 0. The molecule has 0 bridgehead atoms. The van der Waals surface area contributed by atoms with Crippen LogP contribution in [0.2, 0.25) is 0 Å². The minimum Gasteiger partial charge on any atom is -0.296 e. The molecular weight excluding hydrogens is 391 g/mol. The number of carbonyl (C=O) groups is 1. The summed E-state index contributed by atoms with van der Waals surface area (Å²) >= 11 is 0. The molecule has 0 aliphatic carbocycles. The van der Waals surface area contributed by atoms with Crippen molar-refractivity contribution >= 4 is 29.0 Å². The van der Waals surface area contributed by atoms with E-state index in [4.69, 9.17) is 0 Å². The van der Waals surface area contributed by atoms with Crippen LogP contribution in [0, 0.1) is 0 Å². The predicted molar refractivity (Wildman–Crippen MR) is 122 cm³/mol. The lowest BCUT2D eigenvalue weighted by Crippen LogP contribution is -2.35. The van der Waals surface area contributed by atoms with Gasteiger partial charge in [0, 0.05) is 12.8 Å². The topological polar surface area (TPSA) is 71.5 Å². The molecular formula is C24H24N4OP+. The predicted octanol–water partition coefficient (Wildman–Crippen LogP) is 3.09. The Bertz CT molecular complexity index is 958. The lowest BCUT2D eigenvalue weighted by Gasteiger charge is -2.27. The Morgan fingerprint density at radius 2 is 1.27 bits per heavy atom. The number of ketones is 1. The van der Waals surface area contributed by atoms with E-state index in [2.05, 4.69) is 93.4 Å². The SMILES string of the molecule is O=C(CCCc1nn[nH]n1)C[P+](c1ccccc1)(c1ccccc1)c1ccccc1. The van der Waals surface area contributed by atoms with Crippen molar-refractivity contribution in [1.82, 2.24) is 20.6 Å². The standard InChI is InChI=1S/C24H24N4OP/c29-20(11-10-18-24-25-27-28-26-24)19-30(21-12-4-1-5-13-21,22-14-6-2-7-15-22)23-16-8-3-9-17-23/h1-9,12-17H,10-11,18-19H2,(H,25,26,27,28)/q+1. The van der Waals surface area contributed by atoms with Crippen LogP contribution < -0.4 is 15.9 Å². The Labute approximate surface area is 176 Å². The minimum atomic E-state index is -2.11. The van der Waals surface area contributed by atoms with Crippen LogP contribution in [-0.4, -0.2) is 32.6 Å². The molecule has 0 amide bonds. The molecule has 0 unspecified atom stereocenters. The van der Waals surface area contributed by atoms with Crippen LogP contribution in [0.1, 0.15) is 18.7 Å². The lowest BCUT2D eigenvalue weighted by molar-refractivity contribution is -0.116. The van der Waals surface area contributed by atoms with Gasteiger partial charge >= 0.3 is 0 Å². The van der Waals surface area contributed by atoms with Crippen LogP contribution in [-0.2, 0) is 11.2 Å². The molecule has 0 spiro atoms. The maximum absolute atomic E-state index is 13.3. The largest absolute Gasteiger partial charge is 0.296 e. The normalized spacial score (nSPS) is 11.3. The first-order chi connectivity index (χ1) is 14.8. The van der Waals surface area contributed by atoms with E-state index in [-0.39, 0.29) is 5.78 Å². The van der Waals surface area contributed by atoms with Crippen molar-refractivity contribution in [3.63, 3.8) is 0 Å². The van der Waals surface area contributed by atoms with Gasteiger partial charge in [0.05, 0.1) is 0 Å². The molecule has 0 aliphatic rings. The Kier molecular flexibility index (Phi) is 6.41. The first-order valence-corrected chi connectivity index (χ1v) is 12.1. The van der Waals surface area contributed by atoms with Crippen molar-refractivity contribution < 1.29 is 4.79 Å². The van der Waals surface area contributed by atoms with E-state index in [1.54, 1.807) is 0 Å². The first kappa shape index (κ1) is 20.1. The molecule has 3 aromatic carbocycles. The van der Waals surface area contributed by atoms with Crippen molar-refractivity contribution in [3.05, 3.63) is 96.8 Å². The Morgan fingerprint density at radius 3 is 1.70 bits per heavy atom. The van der Waals surface area contributed by atoms with E-state index >= 15 is 0 Å². The van der Waals surface area contributed by atoms with E-state index in [1.807, 2.05) is 18.2 Å². The Balaban J connectivity index is 1.70. The molecule has 1 heterocycles. The fourth-order valence-electron chi connectivity index (χ4n) is 3.84. The highest BCUT2D eigenvalue weighted by molar-refractivity contribution is 7.96. The van der Waals surface area contributed by atoms with Crippen molar-refractivity contribution in [1.29, 1.82) is 0 Å². The molecule has 4 aromatic rings. The summed E-state index contributed by atoms with van der Waals surface area (Å²) in [5, 5.41) is 17.7. The van der Waals surface area contributed by atoms with Crippen molar-refractivity contribution in [3.8, 4) is 0 Å². The van der Waals surface area contributed by atoms with Crippen LogP contribution in [0.15, 0.2) is 91.0 Å². The second-order valence-corrected chi connectivity index (χ2v) is 10.7. The number of tetrazole rings is 1. The summed E-state index contributed by atoms with van der Waals surface area (Å²) in [6.07, 6.45) is 2.38. The summed E-state index contributed by atoms with van der Waals surface area (Å²) in [7, 11) is -2.11. The summed E-state index contributed by atoms with van der Waals surface area (Å²) in [4.78, 5) is 13.3. The third-order valence-corrected chi connectivity index (χ3v) is 9.62. The van der Waals surface area contributed by atoms with Crippen LogP contribution in [0.25, 0.3) is 0 Å². The molecule has 0 aliphatic heterocycles. The van der Waals surface area contributed by atoms with Gasteiger partial charge in [-0.2, -0.15) is 5.21 Å². The minimum absolute atomic E-state index is 0.267. The number of benzene rings is 3. The van der Waals surface area contributed by atoms with E-state index in [0.29, 0.717) is 24.8 Å². The molecule has 1 N–H and O–H groups in total. The van der Waals surface area contributed by atoms with Crippen molar-refractivity contribution in [2.24, 2.45) is 0 Å². The molecule has 0 fully saturated rings. The monoisotopic (exact) mass is 415 g/mol. The van der Waals surface area contributed by atoms with Gasteiger partial charge in [-0.3, -0.25) is 4.79 Å². The lowest BCUT2D eigenvalue weighted by atomic mass is 10.2. The highest BCUT2D eigenvalue weighted by Gasteiger charge is 2.46. The Morgan fingerprint density at radius 1 is 0.767 bits per heavy atom. The fourth-order valence-corrected chi connectivity index (χ4v) is 8.02. The van der Waals surface area contributed by atoms with E-state index in [0.717, 1.165) is 6.42 Å². The van der Waals surface area contributed by atoms with Crippen molar-refractivity contribution in [2.75, 3.05) is 6.16 Å². The summed E-state index contributed by atoms with van der Waals surface area (Å²) in [5.41, 5.74) is 0. The van der Waals surface area contributed by atoms with E-state index in [1.165, 1.54) is 15.9 Å². The number of aryl methyl sites for hydroxylation is 1. The van der Waals surface area contributed by atoms with Crippen LogP contribution in [0.3, 0.4) is 0 Å². The number of aromatic nitrogens is 4. The van der Waals surface area contributed by atoms with Gasteiger partial charge in [-0.1, -0.05) is 59.8 Å². The first-order valence-electron chi connectivity index (χ1n) is 10.1. The van der Waals surface area contributed by atoms with Crippen molar-refractivity contribution in [2.45, 2.75) is 19.3 Å². The van der Waals surface area contributed by atoms with Gasteiger partial charge in [-0.25, -0.2) is 0 Å². The van der Waals surface area contributed by atoms with Gasteiger partial charge in [0.1, 0.15) is 29.3 Å². The number of rotatable bonds is 9. The average molecular weight is 415 g/mol. The van der Waals surface area contributed by atoms with Crippen LogP contribution >= 0.6 is 7.26 Å². The maximum Gasteiger partial charge on any atom is 0.174 e. The molecule has 0 atom stereocenters. The van der Waals surface area contributed by atoms with Gasteiger partial charge in [-0.15, -0.1) is 10.2 Å². The maximum atomic E-state index is 13.3. The molecule has 6 heteroatoms. The van der Waals surface area contributed by atoms with Gasteiger partial charge in [0.15, 0.2) is 11.6 Å². The van der Waals surface area contributed by atoms with Gasteiger partial charge in [-0.05, 0) is 42.8 Å². The van der Waals surface area contributed by atoms with Gasteiger partial charge in [0.25, 0.3) is 0 Å². The van der Waals surface area contributed by atoms with Gasteiger partial charge < -0.3 is 0 Å². The number of hydrogen-bond acceptors (Lipinski definition) is 4. The number of Topliss-reactive ketones (excluding diaryl/α,β-unsaturated/α-hetero) is 1. The zero-order valence-corrected chi connectivity index (χ0v) is 17.6. The highest BCUT2D eigenvalue weighted by Crippen LogP contribution is 2.55. The van der Waals surface area contributed by atoms with E-state index in [9.17, 15) is 4.79 Å². The second-order valence-electron chi connectivity index (χ2n) is 7.19. The molecule has 1 aromatic heterocycles. The number of hydrogen-bond donors (Lipinski definition) is 1. The third kappa shape index (κ3) is 4.37. The number of aromatic amines is 1. The summed E-state index contributed by atoms with van der Waals surface area (Å²) in [5.74, 6) is 0.918. The molecule has 0 saturated carbocycles. The summed E-state index contributed by atoms with van der Waals surface area (Å²) in [6, 6.07) is 31.5. The second kappa shape index (κ2) is 9.55. The molecule has 0 radical (unpaired) electrons. The average Bonchev–Trinajstić information content (AvgIpc) is 3.33.